The van der Waals surface area contributed by atoms with Gasteiger partial charge in [0.2, 0.25) is 0 Å². The molecule has 106 valence electrons. The topological polar surface area (TPSA) is 43.4 Å². The van der Waals surface area contributed by atoms with E-state index in [1.807, 2.05) is 18.2 Å². The molecule has 0 aliphatic carbocycles. The molecular weight excluding hydrogens is 272 g/mol. The highest BCUT2D eigenvalue weighted by Gasteiger charge is 2.14. The van der Waals surface area contributed by atoms with Gasteiger partial charge >= 0.3 is 0 Å². The van der Waals surface area contributed by atoms with Crippen molar-refractivity contribution in [3.05, 3.63) is 29.3 Å². The van der Waals surface area contributed by atoms with Crippen molar-refractivity contribution in [1.82, 2.24) is 10.3 Å². The highest BCUT2D eigenvalue weighted by atomic mass is 32.1. The first-order chi connectivity index (χ1) is 9.72. The first kappa shape index (κ1) is 13.4. The zero-order valence-electron chi connectivity index (χ0n) is 11.7. The van der Waals surface area contributed by atoms with Crippen LogP contribution in [0.25, 0.3) is 10.6 Å². The van der Waals surface area contributed by atoms with Crippen molar-refractivity contribution in [2.24, 2.45) is 0 Å². The number of aromatic nitrogens is 1. The number of nitrogens with one attached hydrogen (secondary N) is 1. The highest BCUT2D eigenvalue weighted by molar-refractivity contribution is 7.13. The largest absolute Gasteiger partial charge is 0.486 e. The van der Waals surface area contributed by atoms with Gasteiger partial charge in [-0.2, -0.15) is 0 Å². The van der Waals surface area contributed by atoms with Gasteiger partial charge in [-0.3, -0.25) is 0 Å². The van der Waals surface area contributed by atoms with Gasteiger partial charge in [0.1, 0.15) is 18.2 Å². The summed E-state index contributed by atoms with van der Waals surface area (Å²) >= 11 is 1.66. The molecule has 1 aliphatic rings. The van der Waals surface area contributed by atoms with Gasteiger partial charge < -0.3 is 14.8 Å². The van der Waals surface area contributed by atoms with Crippen LogP contribution < -0.4 is 14.8 Å². The van der Waals surface area contributed by atoms with Gasteiger partial charge in [0.05, 0.1) is 5.69 Å². The maximum atomic E-state index is 5.61. The number of rotatable bonds is 4. The van der Waals surface area contributed by atoms with Crippen molar-refractivity contribution in [3.63, 3.8) is 0 Å². The summed E-state index contributed by atoms with van der Waals surface area (Å²) in [7, 11) is 0. The number of hydrogen-bond donors (Lipinski definition) is 1. The third-order valence-electron chi connectivity index (χ3n) is 3.03. The van der Waals surface area contributed by atoms with Crippen LogP contribution in [0.5, 0.6) is 11.5 Å². The molecule has 1 aliphatic heterocycles. The molecule has 4 nitrogen and oxygen atoms in total. The summed E-state index contributed by atoms with van der Waals surface area (Å²) in [5.74, 6) is 1.63. The smallest absolute Gasteiger partial charge is 0.162 e. The number of nitrogens with zero attached hydrogens (tertiary/aromatic N) is 1. The summed E-state index contributed by atoms with van der Waals surface area (Å²) in [6.07, 6.45) is 0. The third kappa shape index (κ3) is 2.94. The van der Waals surface area contributed by atoms with Gasteiger partial charge in [-0.05, 0) is 18.2 Å². The summed E-state index contributed by atoms with van der Waals surface area (Å²) in [6.45, 7) is 6.30. The quantitative estimate of drug-likeness (QED) is 0.939. The van der Waals surface area contributed by atoms with Crippen molar-refractivity contribution < 1.29 is 9.47 Å². The van der Waals surface area contributed by atoms with E-state index in [4.69, 9.17) is 9.47 Å². The van der Waals surface area contributed by atoms with Crippen LogP contribution in [-0.2, 0) is 6.54 Å². The van der Waals surface area contributed by atoms with E-state index < -0.39 is 0 Å². The first-order valence-corrected chi connectivity index (χ1v) is 7.68. The molecule has 0 amide bonds. The van der Waals surface area contributed by atoms with Gasteiger partial charge in [-0.1, -0.05) is 13.8 Å². The van der Waals surface area contributed by atoms with Gasteiger partial charge in [0, 0.05) is 23.5 Å². The SMILES string of the molecule is CC(C)NCc1csc(-c2ccc3c(c2)OCCO3)n1. The Morgan fingerprint density at radius 1 is 1.25 bits per heavy atom. The minimum Gasteiger partial charge on any atom is -0.486 e. The number of hydrogen-bond acceptors (Lipinski definition) is 5. The number of ether oxygens (including phenoxy) is 2. The summed E-state index contributed by atoms with van der Waals surface area (Å²) in [5, 5.41) is 6.49. The lowest BCUT2D eigenvalue weighted by atomic mass is 10.2. The standard InChI is InChI=1S/C15H18N2O2S/c1-10(2)16-8-12-9-20-15(17-12)11-3-4-13-14(7-11)19-6-5-18-13/h3-4,7,9-10,16H,5-6,8H2,1-2H3. The van der Waals surface area contributed by atoms with Crippen LogP contribution in [0.1, 0.15) is 19.5 Å². The van der Waals surface area contributed by atoms with Crippen LogP contribution in [0.2, 0.25) is 0 Å². The maximum Gasteiger partial charge on any atom is 0.162 e. The number of benzene rings is 1. The lowest BCUT2D eigenvalue weighted by Gasteiger charge is -2.18. The molecule has 5 heteroatoms. The van der Waals surface area contributed by atoms with Crippen molar-refractivity contribution in [2.45, 2.75) is 26.4 Å². The number of fused-ring (bicyclic) bond motifs is 1. The van der Waals surface area contributed by atoms with Gasteiger partial charge in [-0.15, -0.1) is 11.3 Å². The van der Waals surface area contributed by atoms with E-state index in [2.05, 4.69) is 29.5 Å². The molecule has 1 aromatic carbocycles. The van der Waals surface area contributed by atoms with E-state index in [9.17, 15) is 0 Å². The Labute approximate surface area is 122 Å². The lowest BCUT2D eigenvalue weighted by molar-refractivity contribution is 0.171. The second-order valence-corrected chi connectivity index (χ2v) is 5.90. The van der Waals surface area contributed by atoms with E-state index in [0.717, 1.165) is 34.3 Å². The van der Waals surface area contributed by atoms with Gasteiger partial charge in [0.15, 0.2) is 11.5 Å². The fraction of sp³-hybridized carbons (Fsp3) is 0.400. The van der Waals surface area contributed by atoms with Crippen molar-refractivity contribution in [1.29, 1.82) is 0 Å². The van der Waals surface area contributed by atoms with E-state index >= 15 is 0 Å². The fourth-order valence-corrected chi connectivity index (χ4v) is 2.82. The minimum atomic E-state index is 0.467. The molecule has 0 fully saturated rings. The van der Waals surface area contributed by atoms with Crippen LogP contribution in [0, 0.1) is 0 Å². The predicted octanol–water partition coefficient (Wildman–Crippen LogP) is 3.08. The fourth-order valence-electron chi connectivity index (χ4n) is 2.01. The molecule has 0 atom stereocenters. The monoisotopic (exact) mass is 290 g/mol. The van der Waals surface area contributed by atoms with Gasteiger partial charge in [0.25, 0.3) is 0 Å². The van der Waals surface area contributed by atoms with Crippen molar-refractivity contribution in [2.75, 3.05) is 13.2 Å². The molecule has 1 aromatic heterocycles. The molecule has 2 aromatic rings. The Kier molecular flexibility index (Phi) is 3.89. The maximum absolute atomic E-state index is 5.61. The lowest BCUT2D eigenvalue weighted by Crippen LogP contribution is -2.21. The third-order valence-corrected chi connectivity index (χ3v) is 3.97. The second-order valence-electron chi connectivity index (χ2n) is 5.04. The molecular formula is C15H18N2O2S. The molecule has 2 heterocycles. The molecule has 0 bridgehead atoms. The summed E-state index contributed by atoms with van der Waals surface area (Å²) in [6, 6.07) is 6.46. The van der Waals surface area contributed by atoms with Crippen LogP contribution in [-0.4, -0.2) is 24.2 Å². The molecule has 20 heavy (non-hydrogen) atoms. The molecule has 3 rings (SSSR count). The van der Waals surface area contributed by atoms with Crippen molar-refractivity contribution in [3.8, 4) is 22.1 Å². The van der Waals surface area contributed by atoms with E-state index in [-0.39, 0.29) is 0 Å². The molecule has 0 saturated heterocycles. The average molecular weight is 290 g/mol. The molecule has 1 N–H and O–H groups in total. The summed E-state index contributed by atoms with van der Waals surface area (Å²) < 4.78 is 11.1. The van der Waals surface area contributed by atoms with Crippen LogP contribution >= 0.6 is 11.3 Å². The Morgan fingerprint density at radius 2 is 2.05 bits per heavy atom. The Balaban J connectivity index is 1.79. The molecule has 0 spiro atoms. The van der Waals surface area contributed by atoms with E-state index in [1.165, 1.54) is 0 Å². The first-order valence-electron chi connectivity index (χ1n) is 6.80. The van der Waals surface area contributed by atoms with E-state index in [0.29, 0.717) is 19.3 Å². The average Bonchev–Trinajstić information content (AvgIpc) is 2.93. The Bertz CT molecular complexity index is 595. The highest BCUT2D eigenvalue weighted by Crippen LogP contribution is 2.35. The Morgan fingerprint density at radius 3 is 2.85 bits per heavy atom. The van der Waals surface area contributed by atoms with E-state index in [1.54, 1.807) is 11.3 Å². The van der Waals surface area contributed by atoms with Crippen molar-refractivity contribution >= 4 is 11.3 Å². The van der Waals surface area contributed by atoms with Crippen LogP contribution in [0.15, 0.2) is 23.6 Å². The minimum absolute atomic E-state index is 0.467. The second kappa shape index (κ2) is 5.81. The summed E-state index contributed by atoms with van der Waals surface area (Å²) in [5.41, 5.74) is 2.16. The zero-order chi connectivity index (χ0) is 13.9. The predicted molar refractivity (Wildman–Crippen MR) is 80.5 cm³/mol. The normalized spacial score (nSPS) is 13.8. The van der Waals surface area contributed by atoms with Crippen LogP contribution in [0.3, 0.4) is 0 Å². The molecule has 0 unspecified atom stereocenters. The molecule has 0 radical (unpaired) electrons. The number of thiazole rings is 1. The Hall–Kier alpha value is -1.59. The van der Waals surface area contributed by atoms with Gasteiger partial charge in [-0.25, -0.2) is 4.98 Å². The zero-order valence-corrected chi connectivity index (χ0v) is 12.5. The van der Waals surface area contributed by atoms with Crippen LogP contribution in [0.4, 0.5) is 0 Å². The molecule has 0 saturated carbocycles. The summed E-state index contributed by atoms with van der Waals surface area (Å²) in [4.78, 5) is 4.66.